The Morgan fingerprint density at radius 2 is 1.89 bits per heavy atom. The average molecular weight is 281 g/mol. The van der Waals surface area contributed by atoms with E-state index in [9.17, 15) is 8.42 Å². The fourth-order valence-electron chi connectivity index (χ4n) is 1.62. The zero-order valence-electron chi connectivity index (χ0n) is 11.1. The van der Waals surface area contributed by atoms with Crippen LogP contribution < -0.4 is 10.5 Å². The van der Waals surface area contributed by atoms with Gasteiger partial charge in [0.2, 0.25) is 10.0 Å². The van der Waals surface area contributed by atoms with Gasteiger partial charge in [0.05, 0.1) is 17.4 Å². The van der Waals surface area contributed by atoms with Gasteiger partial charge in [-0.3, -0.25) is 0 Å². The molecule has 0 aliphatic rings. The van der Waals surface area contributed by atoms with E-state index in [1.54, 1.807) is 24.3 Å². The van der Waals surface area contributed by atoms with Gasteiger partial charge in [0.15, 0.2) is 0 Å². The fourth-order valence-corrected chi connectivity index (χ4v) is 3.17. The molecular formula is C13H19N3O2S. The predicted molar refractivity (Wildman–Crippen MR) is 74.6 cm³/mol. The van der Waals surface area contributed by atoms with E-state index in [0.717, 1.165) is 0 Å². The molecule has 3 N–H and O–H groups in total. The molecule has 0 amide bonds. The molecule has 1 atom stereocenters. The number of benzene rings is 1. The van der Waals surface area contributed by atoms with Crippen molar-refractivity contribution >= 4 is 10.0 Å². The first kappa shape index (κ1) is 15.6. The third-order valence-electron chi connectivity index (χ3n) is 2.83. The van der Waals surface area contributed by atoms with E-state index >= 15 is 0 Å². The highest BCUT2D eigenvalue weighted by Gasteiger charge is 2.19. The summed E-state index contributed by atoms with van der Waals surface area (Å²) in [7, 11) is -3.42. The molecule has 0 saturated carbocycles. The van der Waals surface area contributed by atoms with Crippen molar-refractivity contribution in [2.45, 2.75) is 25.6 Å². The number of nitrogens with zero attached hydrogens (tertiary/aromatic N) is 1. The number of nitrogens with two attached hydrogens (primary N) is 1. The van der Waals surface area contributed by atoms with Gasteiger partial charge < -0.3 is 5.73 Å². The second kappa shape index (κ2) is 6.66. The third kappa shape index (κ3) is 4.99. The summed E-state index contributed by atoms with van der Waals surface area (Å²) in [5.41, 5.74) is 6.70. The molecule has 0 saturated heterocycles. The SMILES string of the molecule is CC(C)C(CN)NS(=O)(=O)Cc1ccc(C#N)cc1. The van der Waals surface area contributed by atoms with Gasteiger partial charge in [-0.05, 0) is 23.6 Å². The Bertz CT molecular complexity index is 544. The van der Waals surface area contributed by atoms with Gasteiger partial charge in [-0.25, -0.2) is 13.1 Å². The molecule has 104 valence electrons. The Balaban J connectivity index is 2.76. The molecule has 0 aliphatic carbocycles. The third-order valence-corrected chi connectivity index (χ3v) is 4.20. The minimum atomic E-state index is -3.42. The molecule has 0 bridgehead atoms. The second-order valence-corrected chi connectivity index (χ2v) is 6.53. The van der Waals surface area contributed by atoms with Gasteiger partial charge in [-0.1, -0.05) is 26.0 Å². The van der Waals surface area contributed by atoms with Gasteiger partial charge >= 0.3 is 0 Å². The molecule has 0 radical (unpaired) electrons. The van der Waals surface area contributed by atoms with E-state index < -0.39 is 10.0 Å². The summed E-state index contributed by atoms with van der Waals surface area (Å²) in [5, 5.41) is 8.68. The summed E-state index contributed by atoms with van der Waals surface area (Å²) in [6, 6.07) is 8.23. The van der Waals surface area contributed by atoms with Crippen molar-refractivity contribution in [3.05, 3.63) is 35.4 Å². The summed E-state index contributed by atoms with van der Waals surface area (Å²) in [6.45, 7) is 4.10. The van der Waals surface area contributed by atoms with E-state index in [1.807, 2.05) is 19.9 Å². The molecule has 0 aromatic heterocycles. The first-order chi connectivity index (χ1) is 8.88. The molecule has 1 unspecified atom stereocenters. The molecule has 0 spiro atoms. The Morgan fingerprint density at radius 3 is 2.32 bits per heavy atom. The van der Waals surface area contributed by atoms with Crippen molar-refractivity contribution in [2.24, 2.45) is 11.7 Å². The van der Waals surface area contributed by atoms with Crippen LogP contribution >= 0.6 is 0 Å². The van der Waals surface area contributed by atoms with E-state index in [0.29, 0.717) is 11.1 Å². The maximum absolute atomic E-state index is 12.0. The number of hydrogen-bond acceptors (Lipinski definition) is 4. The van der Waals surface area contributed by atoms with Crippen molar-refractivity contribution in [2.75, 3.05) is 6.54 Å². The lowest BCUT2D eigenvalue weighted by Gasteiger charge is -2.20. The number of sulfonamides is 1. The number of hydrogen-bond donors (Lipinski definition) is 2. The van der Waals surface area contributed by atoms with Crippen molar-refractivity contribution in [3.8, 4) is 6.07 Å². The van der Waals surface area contributed by atoms with Crippen LogP contribution in [0.5, 0.6) is 0 Å². The zero-order valence-corrected chi connectivity index (χ0v) is 11.9. The molecule has 5 nitrogen and oxygen atoms in total. The topological polar surface area (TPSA) is 96.0 Å². The maximum Gasteiger partial charge on any atom is 0.216 e. The van der Waals surface area contributed by atoms with Crippen molar-refractivity contribution in [1.82, 2.24) is 4.72 Å². The lowest BCUT2D eigenvalue weighted by atomic mass is 10.1. The standard InChI is InChI=1S/C13H19N3O2S/c1-10(2)13(8-15)16-19(17,18)9-12-5-3-11(7-14)4-6-12/h3-6,10,13,16H,8-9,15H2,1-2H3. The first-order valence-corrected chi connectivity index (χ1v) is 7.72. The van der Waals surface area contributed by atoms with Gasteiger partial charge in [0.1, 0.15) is 0 Å². The maximum atomic E-state index is 12.0. The normalized spacial score (nSPS) is 13.2. The van der Waals surface area contributed by atoms with E-state index in [1.165, 1.54) is 0 Å². The summed E-state index contributed by atoms with van der Waals surface area (Å²) in [5.74, 6) is 0.0304. The molecule has 0 fully saturated rings. The highest BCUT2D eigenvalue weighted by atomic mass is 32.2. The summed E-state index contributed by atoms with van der Waals surface area (Å²) in [4.78, 5) is 0. The summed E-state index contributed by atoms with van der Waals surface area (Å²) < 4.78 is 26.6. The van der Waals surface area contributed by atoms with Crippen LogP contribution in [-0.4, -0.2) is 21.0 Å². The first-order valence-electron chi connectivity index (χ1n) is 6.07. The highest BCUT2D eigenvalue weighted by molar-refractivity contribution is 7.88. The average Bonchev–Trinajstić information content (AvgIpc) is 2.36. The van der Waals surface area contributed by atoms with E-state index in [2.05, 4.69) is 4.72 Å². The van der Waals surface area contributed by atoms with E-state index in [-0.39, 0.29) is 24.3 Å². The predicted octanol–water partition coefficient (Wildman–Crippen LogP) is 0.961. The number of nitriles is 1. The van der Waals surface area contributed by atoms with Crippen molar-refractivity contribution in [1.29, 1.82) is 5.26 Å². The molecule has 1 rings (SSSR count). The zero-order chi connectivity index (χ0) is 14.5. The monoisotopic (exact) mass is 281 g/mol. The quantitative estimate of drug-likeness (QED) is 0.811. The van der Waals surface area contributed by atoms with Crippen LogP contribution in [0.1, 0.15) is 25.0 Å². The minimum Gasteiger partial charge on any atom is -0.329 e. The van der Waals surface area contributed by atoms with Crippen LogP contribution in [0.4, 0.5) is 0 Å². The molecule has 19 heavy (non-hydrogen) atoms. The number of nitrogens with one attached hydrogen (secondary N) is 1. The number of rotatable bonds is 6. The Labute approximate surface area is 114 Å². The largest absolute Gasteiger partial charge is 0.329 e. The molecule has 1 aromatic rings. The smallest absolute Gasteiger partial charge is 0.216 e. The van der Waals surface area contributed by atoms with Crippen molar-refractivity contribution < 1.29 is 8.42 Å². The van der Waals surface area contributed by atoms with Gasteiger partial charge in [-0.2, -0.15) is 5.26 Å². The van der Waals surface area contributed by atoms with Crippen LogP contribution in [0.3, 0.4) is 0 Å². The van der Waals surface area contributed by atoms with Crippen LogP contribution in [0, 0.1) is 17.2 Å². The summed E-state index contributed by atoms with van der Waals surface area (Å²) >= 11 is 0. The van der Waals surface area contributed by atoms with Crippen LogP contribution in [0.25, 0.3) is 0 Å². The van der Waals surface area contributed by atoms with Gasteiger partial charge in [-0.15, -0.1) is 0 Å². The van der Waals surface area contributed by atoms with Crippen LogP contribution in [-0.2, 0) is 15.8 Å². The second-order valence-electron chi connectivity index (χ2n) is 4.77. The van der Waals surface area contributed by atoms with Gasteiger partial charge in [0, 0.05) is 12.6 Å². The Kier molecular flexibility index (Phi) is 5.48. The van der Waals surface area contributed by atoms with Crippen LogP contribution in [0.2, 0.25) is 0 Å². The summed E-state index contributed by atoms with van der Waals surface area (Å²) in [6.07, 6.45) is 0. The Hall–Kier alpha value is -1.42. The molecule has 1 aromatic carbocycles. The van der Waals surface area contributed by atoms with Gasteiger partial charge in [0.25, 0.3) is 0 Å². The molecular weight excluding hydrogens is 262 g/mol. The molecule has 0 heterocycles. The van der Waals surface area contributed by atoms with Crippen molar-refractivity contribution in [3.63, 3.8) is 0 Å². The van der Waals surface area contributed by atoms with Crippen LogP contribution in [0.15, 0.2) is 24.3 Å². The molecule has 6 heteroatoms. The fraction of sp³-hybridized carbons (Fsp3) is 0.462. The van der Waals surface area contributed by atoms with E-state index in [4.69, 9.17) is 11.0 Å². The highest BCUT2D eigenvalue weighted by Crippen LogP contribution is 2.09. The molecule has 0 aliphatic heterocycles. The Morgan fingerprint density at radius 1 is 1.32 bits per heavy atom. The minimum absolute atomic E-state index is 0.109. The lowest BCUT2D eigenvalue weighted by molar-refractivity contribution is 0.454. The lowest BCUT2D eigenvalue weighted by Crippen LogP contribution is -2.44.